The topological polar surface area (TPSA) is 50.8 Å². The number of aryl methyl sites for hydroxylation is 1. The van der Waals surface area contributed by atoms with E-state index in [1.54, 1.807) is 7.11 Å². The van der Waals surface area contributed by atoms with Crippen LogP contribution in [-0.2, 0) is 16.8 Å². The first-order chi connectivity index (χ1) is 17.2. The van der Waals surface area contributed by atoms with Crippen LogP contribution in [0.4, 0.5) is 5.69 Å². The molecular formula is C30H31ClN2O3. The van der Waals surface area contributed by atoms with E-state index < -0.39 is 5.66 Å². The summed E-state index contributed by atoms with van der Waals surface area (Å²) in [4.78, 5) is 15.0. The Bertz CT molecular complexity index is 1350. The Morgan fingerprint density at radius 2 is 1.89 bits per heavy atom. The SMILES string of the molecule is COc1cc(/C=C/[C@]23NC(=O)CCN2c2ccc(C)cc2C3(C)C)ccc1OCc1ccccc1Cl. The third-order valence-electron chi connectivity index (χ3n) is 7.43. The molecule has 1 fully saturated rings. The number of hydrogen-bond donors (Lipinski definition) is 1. The minimum atomic E-state index is -0.662. The number of nitrogens with one attached hydrogen (secondary N) is 1. The highest BCUT2D eigenvalue weighted by atomic mass is 35.5. The van der Waals surface area contributed by atoms with E-state index in [0.717, 1.165) is 11.1 Å². The molecule has 0 spiro atoms. The third-order valence-corrected chi connectivity index (χ3v) is 7.80. The minimum absolute atomic E-state index is 0.0643. The second kappa shape index (κ2) is 9.21. The summed E-state index contributed by atoms with van der Waals surface area (Å²) in [5.74, 6) is 1.34. The van der Waals surface area contributed by atoms with Crippen LogP contribution in [0.2, 0.25) is 5.02 Å². The summed E-state index contributed by atoms with van der Waals surface area (Å²) in [5.41, 5.74) is 4.51. The number of rotatable bonds is 6. The molecule has 1 amide bonds. The van der Waals surface area contributed by atoms with Gasteiger partial charge in [0.1, 0.15) is 12.3 Å². The van der Waals surface area contributed by atoms with Crippen molar-refractivity contribution in [3.63, 3.8) is 0 Å². The van der Waals surface area contributed by atoms with Crippen molar-refractivity contribution in [2.75, 3.05) is 18.6 Å². The van der Waals surface area contributed by atoms with Gasteiger partial charge in [0.05, 0.1) is 7.11 Å². The van der Waals surface area contributed by atoms with Gasteiger partial charge in [0.15, 0.2) is 11.5 Å². The van der Waals surface area contributed by atoms with E-state index in [1.165, 1.54) is 16.8 Å². The van der Waals surface area contributed by atoms with Crippen molar-refractivity contribution in [1.29, 1.82) is 0 Å². The zero-order chi connectivity index (χ0) is 25.5. The summed E-state index contributed by atoms with van der Waals surface area (Å²) in [7, 11) is 1.63. The number of amides is 1. The second-order valence-electron chi connectivity index (χ2n) is 9.99. The lowest BCUT2D eigenvalue weighted by Gasteiger charge is -2.49. The van der Waals surface area contributed by atoms with Crippen molar-refractivity contribution in [3.05, 3.63) is 94.0 Å². The van der Waals surface area contributed by atoms with Crippen LogP contribution < -0.4 is 19.7 Å². The Labute approximate surface area is 217 Å². The first-order valence-corrected chi connectivity index (χ1v) is 12.6. The maximum absolute atomic E-state index is 12.7. The van der Waals surface area contributed by atoms with Gasteiger partial charge in [0.2, 0.25) is 5.91 Å². The Balaban J connectivity index is 1.45. The molecule has 0 radical (unpaired) electrons. The number of ether oxygens (including phenoxy) is 2. The average Bonchev–Trinajstić information content (AvgIpc) is 3.05. The molecule has 5 nitrogen and oxygen atoms in total. The smallest absolute Gasteiger partial charge is 0.223 e. The van der Waals surface area contributed by atoms with E-state index >= 15 is 0 Å². The summed E-state index contributed by atoms with van der Waals surface area (Å²) in [5, 5.41) is 4.01. The molecule has 0 unspecified atom stereocenters. The van der Waals surface area contributed by atoms with E-state index in [2.05, 4.69) is 61.3 Å². The van der Waals surface area contributed by atoms with Crippen molar-refractivity contribution in [3.8, 4) is 11.5 Å². The van der Waals surface area contributed by atoms with Crippen molar-refractivity contribution >= 4 is 29.3 Å². The van der Waals surface area contributed by atoms with Crippen molar-refractivity contribution in [1.82, 2.24) is 5.32 Å². The van der Waals surface area contributed by atoms with Gasteiger partial charge < -0.3 is 19.7 Å². The van der Waals surface area contributed by atoms with Gasteiger partial charge in [0, 0.05) is 34.7 Å². The van der Waals surface area contributed by atoms with Gasteiger partial charge in [-0.3, -0.25) is 4.79 Å². The molecular weight excluding hydrogens is 472 g/mol. The highest BCUT2D eigenvalue weighted by Crippen LogP contribution is 2.52. The maximum atomic E-state index is 12.7. The van der Waals surface area contributed by atoms with Gasteiger partial charge >= 0.3 is 0 Å². The van der Waals surface area contributed by atoms with E-state index in [1.807, 2.05) is 42.5 Å². The molecule has 1 saturated heterocycles. The summed E-state index contributed by atoms with van der Waals surface area (Å²) >= 11 is 6.27. The number of methoxy groups -OCH3 is 1. The van der Waals surface area contributed by atoms with Crippen LogP contribution in [0, 0.1) is 6.92 Å². The van der Waals surface area contributed by atoms with E-state index in [4.69, 9.17) is 21.1 Å². The van der Waals surface area contributed by atoms with Crippen LogP contribution in [-0.4, -0.2) is 25.2 Å². The third kappa shape index (κ3) is 4.01. The summed E-state index contributed by atoms with van der Waals surface area (Å²) < 4.78 is 11.6. The van der Waals surface area contributed by atoms with E-state index in [-0.39, 0.29) is 11.3 Å². The molecule has 1 N–H and O–H groups in total. The van der Waals surface area contributed by atoms with E-state index in [0.29, 0.717) is 36.1 Å². The zero-order valence-electron chi connectivity index (χ0n) is 21.1. The van der Waals surface area contributed by atoms with Crippen LogP contribution in [0.1, 0.15) is 42.5 Å². The summed E-state index contributed by atoms with van der Waals surface area (Å²) in [6.45, 7) is 7.53. The quantitative estimate of drug-likeness (QED) is 0.432. The number of benzene rings is 3. The van der Waals surface area contributed by atoms with Gasteiger partial charge in [-0.2, -0.15) is 0 Å². The standard InChI is InChI=1S/C30H31ClN2O3/c1-20-9-11-25-23(17-20)29(2,3)30(32-28(34)14-16-33(25)30)15-13-21-10-12-26(27(18-21)35-4)36-19-22-7-5-6-8-24(22)31/h5-13,15,17-18H,14,16,19H2,1-4H3,(H,32,34)/b15-13+/t30-/m0/s1. The van der Waals surface area contributed by atoms with Crippen molar-refractivity contribution < 1.29 is 14.3 Å². The number of fused-ring (bicyclic) bond motifs is 3. The fourth-order valence-corrected chi connectivity index (χ4v) is 5.55. The molecule has 2 heterocycles. The van der Waals surface area contributed by atoms with Crippen LogP contribution >= 0.6 is 11.6 Å². The molecule has 0 saturated carbocycles. The molecule has 0 bridgehead atoms. The molecule has 2 aliphatic heterocycles. The molecule has 3 aromatic rings. The summed E-state index contributed by atoms with van der Waals surface area (Å²) in [6.07, 6.45) is 4.65. The Morgan fingerprint density at radius 1 is 1.08 bits per heavy atom. The largest absolute Gasteiger partial charge is 0.493 e. The van der Waals surface area contributed by atoms with Gasteiger partial charge in [-0.15, -0.1) is 0 Å². The van der Waals surface area contributed by atoms with Crippen molar-refractivity contribution in [2.45, 2.75) is 44.9 Å². The number of hydrogen-bond acceptors (Lipinski definition) is 4. The van der Waals surface area contributed by atoms with Gasteiger partial charge in [-0.1, -0.05) is 73.5 Å². The van der Waals surface area contributed by atoms with Crippen LogP contribution in [0.5, 0.6) is 11.5 Å². The number of halogens is 1. The number of carbonyl (C=O) groups excluding carboxylic acids is 1. The Kier molecular flexibility index (Phi) is 6.21. The van der Waals surface area contributed by atoms with Gasteiger partial charge in [0.25, 0.3) is 0 Å². The number of nitrogens with zero attached hydrogens (tertiary/aromatic N) is 1. The first kappa shape index (κ1) is 24.3. The van der Waals surface area contributed by atoms with Gasteiger partial charge in [-0.05, 0) is 48.4 Å². The van der Waals surface area contributed by atoms with Crippen molar-refractivity contribution in [2.24, 2.45) is 0 Å². The van der Waals surface area contributed by atoms with Crippen LogP contribution in [0.15, 0.2) is 66.7 Å². The Morgan fingerprint density at radius 3 is 2.67 bits per heavy atom. The number of carbonyl (C=O) groups is 1. The second-order valence-corrected chi connectivity index (χ2v) is 10.4. The molecule has 0 aromatic heterocycles. The summed E-state index contributed by atoms with van der Waals surface area (Å²) in [6, 6.07) is 20.0. The molecule has 3 aromatic carbocycles. The average molecular weight is 503 g/mol. The maximum Gasteiger partial charge on any atom is 0.223 e. The zero-order valence-corrected chi connectivity index (χ0v) is 21.9. The van der Waals surface area contributed by atoms with Crippen LogP contribution in [0.3, 0.4) is 0 Å². The lowest BCUT2D eigenvalue weighted by atomic mass is 9.74. The number of anilines is 1. The minimum Gasteiger partial charge on any atom is -0.493 e. The van der Waals surface area contributed by atoms with Gasteiger partial charge in [-0.25, -0.2) is 0 Å². The molecule has 186 valence electrons. The first-order valence-electron chi connectivity index (χ1n) is 12.2. The predicted octanol–water partition coefficient (Wildman–Crippen LogP) is 6.26. The Hall–Kier alpha value is -3.44. The normalized spacial score (nSPS) is 20.1. The molecule has 2 aliphatic rings. The lowest BCUT2D eigenvalue weighted by Crippen LogP contribution is -2.68. The molecule has 36 heavy (non-hydrogen) atoms. The highest BCUT2D eigenvalue weighted by molar-refractivity contribution is 6.31. The molecule has 0 aliphatic carbocycles. The highest BCUT2D eigenvalue weighted by Gasteiger charge is 2.57. The molecule has 5 rings (SSSR count). The lowest BCUT2D eigenvalue weighted by molar-refractivity contribution is -0.124. The molecule has 6 heteroatoms. The monoisotopic (exact) mass is 502 g/mol. The fourth-order valence-electron chi connectivity index (χ4n) is 5.36. The van der Waals surface area contributed by atoms with Crippen LogP contribution in [0.25, 0.3) is 6.08 Å². The fraction of sp³-hybridized carbons (Fsp3) is 0.300. The molecule has 1 atom stereocenters. The van der Waals surface area contributed by atoms with E-state index in [9.17, 15) is 4.79 Å². The predicted molar refractivity (Wildman–Crippen MR) is 145 cm³/mol.